The van der Waals surface area contributed by atoms with Crippen molar-refractivity contribution in [1.29, 1.82) is 0 Å². The second kappa shape index (κ2) is 8.15. The molecule has 1 N–H and O–H groups in total. The zero-order valence-electron chi connectivity index (χ0n) is 12.2. The fourth-order valence-corrected chi connectivity index (χ4v) is 1.90. The highest BCUT2D eigenvalue weighted by molar-refractivity contribution is 5.35. The van der Waals surface area contributed by atoms with Gasteiger partial charge in [0.15, 0.2) is 0 Å². The zero-order valence-corrected chi connectivity index (χ0v) is 12.2. The van der Waals surface area contributed by atoms with Gasteiger partial charge >= 0.3 is 0 Å². The summed E-state index contributed by atoms with van der Waals surface area (Å²) in [7, 11) is 0. The number of rotatable bonds is 8. The quantitative estimate of drug-likeness (QED) is 0.753. The highest BCUT2D eigenvalue weighted by atomic mass is 16.5. The lowest BCUT2D eigenvalue weighted by atomic mass is 9.98. The molecule has 1 aromatic carbocycles. The SMILES string of the molecule is CCCNC(C)COc1ccccc1C(C)CC. The fourth-order valence-electron chi connectivity index (χ4n) is 1.90. The van der Waals surface area contributed by atoms with Crippen LogP contribution in [0.4, 0.5) is 0 Å². The first-order valence-corrected chi connectivity index (χ1v) is 7.14. The van der Waals surface area contributed by atoms with Gasteiger partial charge in [-0.15, -0.1) is 0 Å². The third-order valence-corrected chi connectivity index (χ3v) is 3.29. The third-order valence-electron chi connectivity index (χ3n) is 3.29. The Balaban J connectivity index is 2.56. The lowest BCUT2D eigenvalue weighted by molar-refractivity contribution is 0.270. The number of para-hydroxylation sites is 1. The standard InChI is InChI=1S/C16H27NO/c1-5-11-17-14(4)12-18-16-10-8-7-9-15(16)13(3)6-2/h7-10,13-14,17H,5-6,11-12H2,1-4H3. The van der Waals surface area contributed by atoms with E-state index in [1.807, 2.05) is 6.07 Å². The van der Waals surface area contributed by atoms with E-state index < -0.39 is 0 Å². The van der Waals surface area contributed by atoms with Gasteiger partial charge in [0.1, 0.15) is 12.4 Å². The van der Waals surface area contributed by atoms with E-state index in [0.717, 1.165) is 31.7 Å². The molecule has 1 rings (SSSR count). The summed E-state index contributed by atoms with van der Waals surface area (Å²) in [6.45, 7) is 10.6. The van der Waals surface area contributed by atoms with Crippen LogP contribution >= 0.6 is 0 Å². The van der Waals surface area contributed by atoms with E-state index in [2.05, 4.69) is 51.2 Å². The molecule has 0 radical (unpaired) electrons. The largest absolute Gasteiger partial charge is 0.492 e. The molecule has 0 aliphatic carbocycles. The zero-order chi connectivity index (χ0) is 13.4. The summed E-state index contributed by atoms with van der Waals surface area (Å²) < 4.78 is 5.96. The molecule has 2 atom stereocenters. The summed E-state index contributed by atoms with van der Waals surface area (Å²) in [5.74, 6) is 1.59. The molecule has 0 fully saturated rings. The van der Waals surface area contributed by atoms with Crippen LogP contribution in [0.25, 0.3) is 0 Å². The lowest BCUT2D eigenvalue weighted by Gasteiger charge is -2.18. The van der Waals surface area contributed by atoms with Crippen molar-refractivity contribution in [3.8, 4) is 5.75 Å². The first-order chi connectivity index (χ1) is 8.69. The van der Waals surface area contributed by atoms with Crippen molar-refractivity contribution in [2.75, 3.05) is 13.2 Å². The Morgan fingerprint density at radius 1 is 1.17 bits per heavy atom. The van der Waals surface area contributed by atoms with Crippen LogP contribution in [-0.2, 0) is 0 Å². The average Bonchev–Trinajstić information content (AvgIpc) is 2.42. The molecule has 0 saturated heterocycles. The van der Waals surface area contributed by atoms with Gasteiger partial charge in [-0.1, -0.05) is 39.0 Å². The van der Waals surface area contributed by atoms with Gasteiger partial charge < -0.3 is 10.1 Å². The molecule has 0 bridgehead atoms. The molecule has 0 amide bonds. The van der Waals surface area contributed by atoms with E-state index in [9.17, 15) is 0 Å². The minimum Gasteiger partial charge on any atom is -0.492 e. The predicted molar refractivity (Wildman–Crippen MR) is 78.4 cm³/mol. The molecule has 0 aliphatic heterocycles. The van der Waals surface area contributed by atoms with Crippen LogP contribution in [0.1, 0.15) is 52.0 Å². The normalized spacial score (nSPS) is 14.2. The molecule has 0 aromatic heterocycles. The summed E-state index contributed by atoms with van der Waals surface area (Å²) >= 11 is 0. The van der Waals surface area contributed by atoms with Crippen LogP contribution < -0.4 is 10.1 Å². The van der Waals surface area contributed by atoms with Gasteiger partial charge in [0.25, 0.3) is 0 Å². The maximum Gasteiger partial charge on any atom is 0.122 e. The Labute approximate surface area is 112 Å². The average molecular weight is 249 g/mol. The van der Waals surface area contributed by atoms with Crippen LogP contribution in [0, 0.1) is 0 Å². The number of hydrogen-bond acceptors (Lipinski definition) is 2. The molecular weight excluding hydrogens is 222 g/mol. The summed E-state index contributed by atoms with van der Waals surface area (Å²) in [6, 6.07) is 8.79. The maximum atomic E-state index is 5.96. The van der Waals surface area contributed by atoms with Crippen molar-refractivity contribution in [1.82, 2.24) is 5.32 Å². The summed E-state index contributed by atoms with van der Waals surface area (Å²) in [4.78, 5) is 0. The molecule has 0 heterocycles. The second-order valence-electron chi connectivity index (χ2n) is 5.01. The van der Waals surface area contributed by atoms with Gasteiger partial charge in [-0.3, -0.25) is 0 Å². The molecule has 2 heteroatoms. The van der Waals surface area contributed by atoms with E-state index in [0.29, 0.717) is 12.0 Å². The molecule has 0 aliphatic rings. The van der Waals surface area contributed by atoms with Gasteiger partial charge in [-0.2, -0.15) is 0 Å². The second-order valence-corrected chi connectivity index (χ2v) is 5.01. The van der Waals surface area contributed by atoms with Gasteiger partial charge in [-0.25, -0.2) is 0 Å². The fraction of sp³-hybridized carbons (Fsp3) is 0.625. The smallest absolute Gasteiger partial charge is 0.122 e. The van der Waals surface area contributed by atoms with Crippen molar-refractivity contribution in [2.45, 2.75) is 52.5 Å². The highest BCUT2D eigenvalue weighted by Gasteiger charge is 2.10. The Morgan fingerprint density at radius 2 is 1.89 bits per heavy atom. The van der Waals surface area contributed by atoms with E-state index in [4.69, 9.17) is 4.74 Å². The van der Waals surface area contributed by atoms with E-state index in [-0.39, 0.29) is 0 Å². The van der Waals surface area contributed by atoms with Gasteiger partial charge in [-0.05, 0) is 43.9 Å². The maximum absolute atomic E-state index is 5.96. The van der Waals surface area contributed by atoms with Crippen LogP contribution in [0.15, 0.2) is 24.3 Å². The van der Waals surface area contributed by atoms with Crippen molar-refractivity contribution in [3.63, 3.8) is 0 Å². The minimum atomic E-state index is 0.398. The first kappa shape index (κ1) is 15.0. The number of hydrogen-bond donors (Lipinski definition) is 1. The Morgan fingerprint density at radius 3 is 2.56 bits per heavy atom. The molecule has 102 valence electrons. The summed E-state index contributed by atoms with van der Waals surface area (Å²) in [6.07, 6.45) is 2.30. The summed E-state index contributed by atoms with van der Waals surface area (Å²) in [5, 5.41) is 3.44. The number of benzene rings is 1. The molecule has 0 spiro atoms. The third kappa shape index (κ3) is 4.69. The summed E-state index contributed by atoms with van der Waals surface area (Å²) in [5.41, 5.74) is 1.32. The molecule has 2 unspecified atom stereocenters. The molecule has 18 heavy (non-hydrogen) atoms. The van der Waals surface area contributed by atoms with Crippen LogP contribution in [0.2, 0.25) is 0 Å². The highest BCUT2D eigenvalue weighted by Crippen LogP contribution is 2.28. The van der Waals surface area contributed by atoms with Crippen LogP contribution in [0.3, 0.4) is 0 Å². The molecule has 2 nitrogen and oxygen atoms in total. The lowest BCUT2D eigenvalue weighted by Crippen LogP contribution is -2.32. The molecule has 0 saturated carbocycles. The molecular formula is C16H27NO. The molecule has 1 aromatic rings. The van der Waals surface area contributed by atoms with Crippen molar-refractivity contribution in [2.24, 2.45) is 0 Å². The Bertz CT molecular complexity index is 338. The van der Waals surface area contributed by atoms with E-state index >= 15 is 0 Å². The number of ether oxygens (including phenoxy) is 1. The van der Waals surface area contributed by atoms with E-state index in [1.54, 1.807) is 0 Å². The minimum absolute atomic E-state index is 0.398. The van der Waals surface area contributed by atoms with Crippen molar-refractivity contribution in [3.05, 3.63) is 29.8 Å². The van der Waals surface area contributed by atoms with Crippen LogP contribution in [-0.4, -0.2) is 19.2 Å². The van der Waals surface area contributed by atoms with Gasteiger partial charge in [0.2, 0.25) is 0 Å². The Kier molecular flexibility index (Phi) is 6.81. The van der Waals surface area contributed by atoms with Crippen molar-refractivity contribution < 1.29 is 4.74 Å². The Hall–Kier alpha value is -1.02. The van der Waals surface area contributed by atoms with E-state index in [1.165, 1.54) is 5.56 Å². The van der Waals surface area contributed by atoms with Crippen molar-refractivity contribution >= 4 is 0 Å². The predicted octanol–water partition coefficient (Wildman–Crippen LogP) is 3.97. The monoisotopic (exact) mass is 249 g/mol. The topological polar surface area (TPSA) is 21.3 Å². The van der Waals surface area contributed by atoms with Crippen LogP contribution in [0.5, 0.6) is 5.75 Å². The van der Waals surface area contributed by atoms with Gasteiger partial charge in [0.05, 0.1) is 0 Å². The number of nitrogens with one attached hydrogen (secondary N) is 1. The first-order valence-electron chi connectivity index (χ1n) is 7.14. The van der Waals surface area contributed by atoms with Gasteiger partial charge in [0, 0.05) is 6.04 Å².